The highest BCUT2D eigenvalue weighted by atomic mass is 16.5. The van der Waals surface area contributed by atoms with E-state index >= 15 is 0 Å². The van der Waals surface area contributed by atoms with E-state index in [0.717, 1.165) is 17.9 Å². The van der Waals surface area contributed by atoms with E-state index in [-0.39, 0.29) is 11.9 Å². The number of ether oxygens (including phenoxy) is 2. The lowest BCUT2D eigenvalue weighted by Gasteiger charge is -2.22. The van der Waals surface area contributed by atoms with E-state index in [2.05, 4.69) is 10.6 Å². The van der Waals surface area contributed by atoms with Gasteiger partial charge in [0.05, 0.1) is 20.3 Å². The molecule has 98 valence electrons. The summed E-state index contributed by atoms with van der Waals surface area (Å²) in [4.78, 5) is 11.8. The summed E-state index contributed by atoms with van der Waals surface area (Å²) < 4.78 is 10.3. The van der Waals surface area contributed by atoms with Crippen LogP contribution < -0.4 is 15.4 Å². The van der Waals surface area contributed by atoms with Crippen LogP contribution in [-0.2, 0) is 16.1 Å². The Labute approximate surface area is 106 Å². The van der Waals surface area contributed by atoms with Crippen molar-refractivity contribution in [2.75, 3.05) is 26.9 Å². The Bertz CT molecular complexity index is 386. The van der Waals surface area contributed by atoms with E-state index in [1.165, 1.54) is 0 Å². The molecule has 1 unspecified atom stereocenters. The molecule has 1 atom stereocenters. The molecule has 0 bridgehead atoms. The van der Waals surface area contributed by atoms with Crippen LogP contribution in [0, 0.1) is 0 Å². The molecule has 1 fully saturated rings. The Morgan fingerprint density at radius 1 is 1.50 bits per heavy atom. The summed E-state index contributed by atoms with van der Waals surface area (Å²) >= 11 is 0. The highest BCUT2D eigenvalue weighted by molar-refractivity contribution is 5.81. The van der Waals surface area contributed by atoms with E-state index in [1.54, 1.807) is 7.11 Å². The highest BCUT2D eigenvalue weighted by Crippen LogP contribution is 2.10. The molecule has 2 N–H and O–H groups in total. The SMILES string of the molecule is COc1ccc(CNC(=O)C2COCCN2)cc1. The molecular formula is C13H18N2O3. The van der Waals surface area contributed by atoms with Crippen LogP contribution in [0.15, 0.2) is 24.3 Å². The van der Waals surface area contributed by atoms with Crippen LogP contribution in [0.3, 0.4) is 0 Å². The molecule has 2 rings (SSSR count). The number of nitrogens with one attached hydrogen (secondary N) is 2. The minimum atomic E-state index is -0.239. The van der Waals surface area contributed by atoms with Crippen LogP contribution in [0.1, 0.15) is 5.56 Å². The monoisotopic (exact) mass is 250 g/mol. The van der Waals surface area contributed by atoms with E-state index < -0.39 is 0 Å². The van der Waals surface area contributed by atoms with Gasteiger partial charge in [0.25, 0.3) is 0 Å². The lowest BCUT2D eigenvalue weighted by Crippen LogP contribution is -2.51. The molecule has 0 spiro atoms. The minimum Gasteiger partial charge on any atom is -0.497 e. The first kappa shape index (κ1) is 12.9. The number of hydrogen-bond acceptors (Lipinski definition) is 4. The molecule has 1 heterocycles. The Balaban J connectivity index is 1.80. The molecule has 0 saturated carbocycles. The first-order valence-electron chi connectivity index (χ1n) is 6.01. The summed E-state index contributed by atoms with van der Waals surface area (Å²) in [5.74, 6) is 0.790. The average molecular weight is 250 g/mol. The van der Waals surface area contributed by atoms with E-state index in [9.17, 15) is 4.79 Å². The number of rotatable bonds is 4. The van der Waals surface area contributed by atoms with Gasteiger partial charge in [0, 0.05) is 13.1 Å². The molecule has 1 aromatic rings. The Kier molecular flexibility index (Phi) is 4.55. The maximum absolute atomic E-state index is 11.8. The molecule has 1 aromatic carbocycles. The van der Waals surface area contributed by atoms with Crippen LogP contribution in [0.4, 0.5) is 0 Å². The summed E-state index contributed by atoms with van der Waals surface area (Å²) in [6.07, 6.45) is 0. The van der Waals surface area contributed by atoms with Gasteiger partial charge in [0.15, 0.2) is 0 Å². The highest BCUT2D eigenvalue weighted by Gasteiger charge is 2.20. The van der Waals surface area contributed by atoms with Crippen molar-refractivity contribution in [1.82, 2.24) is 10.6 Å². The van der Waals surface area contributed by atoms with Gasteiger partial charge in [-0.2, -0.15) is 0 Å². The van der Waals surface area contributed by atoms with E-state index in [1.807, 2.05) is 24.3 Å². The zero-order valence-electron chi connectivity index (χ0n) is 10.4. The smallest absolute Gasteiger partial charge is 0.239 e. The molecule has 1 saturated heterocycles. The standard InChI is InChI=1S/C13H18N2O3/c1-17-11-4-2-10(3-5-11)8-15-13(16)12-9-18-7-6-14-12/h2-5,12,14H,6-9H2,1H3,(H,15,16). The lowest BCUT2D eigenvalue weighted by atomic mass is 10.2. The first-order chi connectivity index (χ1) is 8.79. The van der Waals surface area contributed by atoms with Crippen LogP contribution in [0.25, 0.3) is 0 Å². The van der Waals surface area contributed by atoms with Gasteiger partial charge in [0.1, 0.15) is 11.8 Å². The Morgan fingerprint density at radius 2 is 2.28 bits per heavy atom. The third-order valence-electron chi connectivity index (χ3n) is 2.86. The normalized spacial score (nSPS) is 19.3. The third-order valence-corrected chi connectivity index (χ3v) is 2.86. The van der Waals surface area contributed by atoms with Crippen molar-refractivity contribution in [2.24, 2.45) is 0 Å². The maximum atomic E-state index is 11.8. The van der Waals surface area contributed by atoms with Crippen molar-refractivity contribution >= 4 is 5.91 Å². The van der Waals surface area contributed by atoms with E-state index in [0.29, 0.717) is 19.8 Å². The minimum absolute atomic E-state index is 0.0227. The topological polar surface area (TPSA) is 59.6 Å². The van der Waals surface area contributed by atoms with Crippen molar-refractivity contribution in [3.63, 3.8) is 0 Å². The van der Waals surface area contributed by atoms with E-state index in [4.69, 9.17) is 9.47 Å². The van der Waals surface area contributed by atoms with Gasteiger partial charge in [-0.25, -0.2) is 0 Å². The van der Waals surface area contributed by atoms with Gasteiger partial charge in [-0.15, -0.1) is 0 Å². The van der Waals surface area contributed by atoms with Gasteiger partial charge in [0.2, 0.25) is 5.91 Å². The number of carbonyl (C=O) groups is 1. The number of hydrogen-bond donors (Lipinski definition) is 2. The molecule has 0 aliphatic carbocycles. The van der Waals surface area contributed by atoms with Gasteiger partial charge in [-0.1, -0.05) is 12.1 Å². The summed E-state index contributed by atoms with van der Waals surface area (Å²) in [6, 6.07) is 7.39. The van der Waals surface area contributed by atoms with Crippen molar-refractivity contribution in [2.45, 2.75) is 12.6 Å². The Hall–Kier alpha value is -1.59. The van der Waals surface area contributed by atoms with Crippen LogP contribution in [-0.4, -0.2) is 38.8 Å². The Morgan fingerprint density at radius 3 is 2.89 bits per heavy atom. The number of amides is 1. The fourth-order valence-corrected chi connectivity index (χ4v) is 1.79. The van der Waals surface area contributed by atoms with Gasteiger partial charge >= 0.3 is 0 Å². The molecule has 1 aliphatic heterocycles. The summed E-state index contributed by atoms with van der Waals surface area (Å²) in [7, 11) is 1.63. The predicted octanol–water partition coefficient (Wildman–Crippen LogP) is 0.300. The largest absolute Gasteiger partial charge is 0.497 e. The average Bonchev–Trinajstić information content (AvgIpc) is 2.46. The number of carbonyl (C=O) groups excluding carboxylic acids is 1. The second kappa shape index (κ2) is 6.37. The fourth-order valence-electron chi connectivity index (χ4n) is 1.79. The van der Waals surface area contributed by atoms with Gasteiger partial charge in [-0.3, -0.25) is 4.79 Å². The first-order valence-corrected chi connectivity index (χ1v) is 6.01. The van der Waals surface area contributed by atoms with Gasteiger partial charge in [-0.05, 0) is 17.7 Å². The molecular weight excluding hydrogens is 232 g/mol. The second-order valence-corrected chi connectivity index (χ2v) is 4.15. The van der Waals surface area contributed by atoms with Crippen molar-refractivity contribution < 1.29 is 14.3 Å². The van der Waals surface area contributed by atoms with Crippen LogP contribution in [0.2, 0.25) is 0 Å². The van der Waals surface area contributed by atoms with Crippen LogP contribution in [0.5, 0.6) is 5.75 Å². The zero-order chi connectivity index (χ0) is 12.8. The maximum Gasteiger partial charge on any atom is 0.239 e. The number of benzene rings is 1. The number of methoxy groups -OCH3 is 1. The fraction of sp³-hybridized carbons (Fsp3) is 0.462. The molecule has 5 nitrogen and oxygen atoms in total. The molecule has 5 heteroatoms. The lowest BCUT2D eigenvalue weighted by molar-refractivity contribution is -0.126. The molecule has 18 heavy (non-hydrogen) atoms. The molecule has 0 aromatic heterocycles. The predicted molar refractivity (Wildman–Crippen MR) is 67.5 cm³/mol. The second-order valence-electron chi connectivity index (χ2n) is 4.15. The molecule has 1 aliphatic rings. The summed E-state index contributed by atoms with van der Waals surface area (Å²) in [6.45, 7) is 2.35. The van der Waals surface area contributed by atoms with Crippen LogP contribution >= 0.6 is 0 Å². The summed E-state index contributed by atoms with van der Waals surface area (Å²) in [5.41, 5.74) is 1.04. The summed E-state index contributed by atoms with van der Waals surface area (Å²) in [5, 5.41) is 6.00. The van der Waals surface area contributed by atoms with Gasteiger partial charge < -0.3 is 20.1 Å². The van der Waals surface area contributed by atoms with Crippen molar-refractivity contribution in [3.8, 4) is 5.75 Å². The quantitative estimate of drug-likeness (QED) is 0.807. The number of morpholine rings is 1. The molecule has 0 radical (unpaired) electrons. The van der Waals surface area contributed by atoms with Crippen molar-refractivity contribution in [3.05, 3.63) is 29.8 Å². The molecule has 1 amide bonds. The zero-order valence-corrected chi connectivity index (χ0v) is 10.4. The van der Waals surface area contributed by atoms with Crippen molar-refractivity contribution in [1.29, 1.82) is 0 Å². The third kappa shape index (κ3) is 3.45.